The van der Waals surface area contributed by atoms with Crippen LogP contribution in [0, 0.1) is 5.41 Å². The number of nitrogens with zero attached hydrogens (tertiary/aromatic N) is 5. The van der Waals surface area contributed by atoms with Crippen molar-refractivity contribution in [2.45, 2.75) is 181 Å². The zero-order valence-electron chi connectivity index (χ0n) is 30.5. The Balaban J connectivity index is 2.20. The van der Waals surface area contributed by atoms with E-state index < -0.39 is 16.6 Å². The van der Waals surface area contributed by atoms with Crippen LogP contribution in [0.2, 0.25) is 0 Å². The van der Waals surface area contributed by atoms with Crippen molar-refractivity contribution in [1.82, 2.24) is 25.2 Å². The summed E-state index contributed by atoms with van der Waals surface area (Å²) >= 11 is 0. The molecule has 2 saturated heterocycles. The molecule has 0 radical (unpaired) electrons. The van der Waals surface area contributed by atoms with Crippen molar-refractivity contribution in [2.75, 3.05) is 11.9 Å². The van der Waals surface area contributed by atoms with E-state index in [1.54, 1.807) is 0 Å². The van der Waals surface area contributed by atoms with Gasteiger partial charge in [0.1, 0.15) is 6.33 Å². The number of carbonyl (C=O) groups excluding carboxylic acids is 1. The Bertz CT molecular complexity index is 1190. The molecule has 0 amide bonds. The van der Waals surface area contributed by atoms with Gasteiger partial charge in [-0.05, 0) is 100 Å². The summed E-state index contributed by atoms with van der Waals surface area (Å²) in [7, 11) is 0. The molecule has 250 valence electrons. The molecular formula is C35H64N8O. The van der Waals surface area contributed by atoms with E-state index >= 15 is 0 Å². The molecule has 9 heteroatoms. The lowest BCUT2D eigenvalue weighted by Gasteiger charge is -2.57. The largest absolute Gasteiger partial charge is 0.349 e. The molecule has 1 aromatic heterocycles. The van der Waals surface area contributed by atoms with Gasteiger partial charge in [0.2, 0.25) is 5.95 Å². The van der Waals surface area contributed by atoms with E-state index in [2.05, 4.69) is 109 Å². The van der Waals surface area contributed by atoms with Gasteiger partial charge in [0, 0.05) is 23.2 Å². The fraction of sp³-hybridized carbons (Fsp3) is 0.857. The van der Waals surface area contributed by atoms with Crippen LogP contribution in [0.4, 0.5) is 5.95 Å². The fourth-order valence-electron chi connectivity index (χ4n) is 8.51. The van der Waals surface area contributed by atoms with Gasteiger partial charge in [-0.15, -0.1) is 0 Å². The predicted molar refractivity (Wildman–Crippen MR) is 183 cm³/mol. The Morgan fingerprint density at radius 2 is 1.55 bits per heavy atom. The van der Waals surface area contributed by atoms with Gasteiger partial charge in [0.15, 0.2) is 17.1 Å². The third-order valence-electron chi connectivity index (χ3n) is 9.28. The lowest BCUT2D eigenvalue weighted by Crippen LogP contribution is -2.78. The first kappa shape index (κ1) is 36.5. The summed E-state index contributed by atoms with van der Waals surface area (Å²) in [6.07, 6.45) is 8.52. The highest BCUT2D eigenvalue weighted by atomic mass is 16.1. The molecule has 0 saturated carbocycles. The average molecular weight is 613 g/mol. The minimum Gasteiger partial charge on any atom is -0.349 e. The standard InChI is InChI=1S/C35H64N8O/c1-15-16-17-18-19-43-33(11,12)25(39-24-20-30(5,6)42-31(7,8)21-24)35(36,26(44)34(43,13)14)27-37-23-38-28(40-27)41-32(9,10)22-29(2,3)4/h23-24,42H,15-22,36H2,1-14H3,(H,37,38,40,41). The third-order valence-corrected chi connectivity index (χ3v) is 9.28. The quantitative estimate of drug-likeness (QED) is 0.259. The molecule has 44 heavy (non-hydrogen) atoms. The van der Waals surface area contributed by atoms with Crippen molar-refractivity contribution in [2.24, 2.45) is 16.1 Å². The normalized spacial score (nSPS) is 26.6. The van der Waals surface area contributed by atoms with Crippen LogP contribution >= 0.6 is 0 Å². The molecule has 0 bridgehead atoms. The molecular weight excluding hydrogens is 548 g/mol. The maximum absolute atomic E-state index is 14.9. The van der Waals surface area contributed by atoms with Crippen LogP contribution in [-0.4, -0.2) is 71.6 Å². The van der Waals surface area contributed by atoms with Gasteiger partial charge in [-0.3, -0.25) is 14.7 Å². The van der Waals surface area contributed by atoms with Crippen molar-refractivity contribution < 1.29 is 4.79 Å². The number of Topliss-reactive ketones (excluding diaryl/α,β-unsaturated/α-hetero) is 1. The molecule has 4 N–H and O–H groups in total. The number of likely N-dealkylation sites (tertiary alicyclic amines) is 1. The van der Waals surface area contributed by atoms with Gasteiger partial charge in [-0.1, -0.05) is 47.0 Å². The number of piperidine rings is 2. The number of carbonyl (C=O) groups is 1. The van der Waals surface area contributed by atoms with Crippen LogP contribution < -0.4 is 16.4 Å². The third kappa shape index (κ3) is 8.05. The Morgan fingerprint density at radius 3 is 2.09 bits per heavy atom. The number of hydrogen-bond donors (Lipinski definition) is 3. The number of aromatic nitrogens is 3. The summed E-state index contributed by atoms with van der Waals surface area (Å²) < 4.78 is 0. The number of aliphatic imine (C=N–C) groups is 1. The van der Waals surface area contributed by atoms with E-state index in [0.717, 1.165) is 45.1 Å². The molecule has 9 nitrogen and oxygen atoms in total. The van der Waals surface area contributed by atoms with Crippen LogP contribution in [0.25, 0.3) is 0 Å². The van der Waals surface area contributed by atoms with E-state index in [0.29, 0.717) is 11.7 Å². The number of rotatable bonds is 10. The zero-order valence-corrected chi connectivity index (χ0v) is 30.5. The van der Waals surface area contributed by atoms with Gasteiger partial charge in [-0.2, -0.15) is 4.98 Å². The number of nitrogens with one attached hydrogen (secondary N) is 2. The Kier molecular flexibility index (Phi) is 10.2. The zero-order chi connectivity index (χ0) is 33.6. The van der Waals surface area contributed by atoms with Gasteiger partial charge in [0.05, 0.1) is 22.8 Å². The maximum atomic E-state index is 14.9. The first-order valence-corrected chi connectivity index (χ1v) is 16.8. The van der Waals surface area contributed by atoms with Crippen molar-refractivity contribution in [3.8, 4) is 0 Å². The second-order valence-electron chi connectivity index (χ2n) is 17.8. The predicted octanol–water partition coefficient (Wildman–Crippen LogP) is 6.42. The molecule has 2 fully saturated rings. The summed E-state index contributed by atoms with van der Waals surface area (Å²) in [6.45, 7) is 31.2. The summed E-state index contributed by atoms with van der Waals surface area (Å²) in [4.78, 5) is 36.7. The number of anilines is 1. The highest BCUT2D eigenvalue weighted by Gasteiger charge is 2.63. The average Bonchev–Trinajstić information content (AvgIpc) is 2.81. The van der Waals surface area contributed by atoms with Crippen molar-refractivity contribution in [3.05, 3.63) is 12.2 Å². The SMILES string of the molecule is CCCCCCN1C(C)(C)C(=O)C(N)(c2ncnc(NC(C)(C)CC(C)(C)C)n2)C(=NC2CC(C)(C)NC(C)(C)C2)C1(C)C. The lowest BCUT2D eigenvalue weighted by atomic mass is 9.65. The van der Waals surface area contributed by atoms with Crippen molar-refractivity contribution in [1.29, 1.82) is 0 Å². The number of nitrogens with two attached hydrogens (primary N) is 1. The summed E-state index contributed by atoms with van der Waals surface area (Å²) in [5, 5.41) is 7.28. The molecule has 3 heterocycles. The molecule has 0 aromatic carbocycles. The van der Waals surface area contributed by atoms with E-state index in [4.69, 9.17) is 15.7 Å². The highest BCUT2D eigenvalue weighted by Crippen LogP contribution is 2.44. The molecule has 2 aliphatic rings. The molecule has 0 spiro atoms. The Labute approximate surface area is 268 Å². The first-order valence-electron chi connectivity index (χ1n) is 16.8. The van der Waals surface area contributed by atoms with Crippen LogP contribution in [-0.2, 0) is 10.3 Å². The molecule has 0 aliphatic carbocycles. The lowest BCUT2D eigenvalue weighted by molar-refractivity contribution is -0.139. The molecule has 2 aliphatic heterocycles. The first-order chi connectivity index (χ1) is 19.9. The smallest absolute Gasteiger partial charge is 0.226 e. The number of ketones is 1. The van der Waals surface area contributed by atoms with Crippen LogP contribution in [0.3, 0.4) is 0 Å². The van der Waals surface area contributed by atoms with E-state index in [9.17, 15) is 4.79 Å². The Morgan fingerprint density at radius 1 is 0.955 bits per heavy atom. The Hall–Kier alpha value is -1.97. The van der Waals surface area contributed by atoms with E-state index in [-0.39, 0.29) is 39.7 Å². The molecule has 1 aromatic rings. The maximum Gasteiger partial charge on any atom is 0.226 e. The van der Waals surface area contributed by atoms with Crippen LogP contribution in [0.1, 0.15) is 148 Å². The topological polar surface area (TPSA) is 121 Å². The van der Waals surface area contributed by atoms with Gasteiger partial charge in [-0.25, -0.2) is 9.97 Å². The van der Waals surface area contributed by atoms with E-state index in [1.165, 1.54) is 12.7 Å². The highest BCUT2D eigenvalue weighted by molar-refractivity contribution is 6.22. The van der Waals surface area contributed by atoms with Crippen molar-refractivity contribution in [3.63, 3.8) is 0 Å². The molecule has 1 atom stereocenters. The monoisotopic (exact) mass is 613 g/mol. The van der Waals surface area contributed by atoms with Gasteiger partial charge < -0.3 is 16.4 Å². The summed E-state index contributed by atoms with van der Waals surface area (Å²) in [5.41, 5.74) is 4.59. The van der Waals surface area contributed by atoms with Gasteiger partial charge >= 0.3 is 0 Å². The fourth-order valence-corrected chi connectivity index (χ4v) is 8.51. The second kappa shape index (κ2) is 12.3. The summed E-state index contributed by atoms with van der Waals surface area (Å²) in [5.74, 6) is 0.546. The molecule has 1 unspecified atom stereocenters. The van der Waals surface area contributed by atoms with Crippen LogP contribution in [0.15, 0.2) is 11.3 Å². The van der Waals surface area contributed by atoms with Crippen LogP contribution in [0.5, 0.6) is 0 Å². The minimum atomic E-state index is -1.61. The van der Waals surface area contributed by atoms with E-state index in [1.807, 2.05) is 13.8 Å². The number of hydrogen-bond acceptors (Lipinski definition) is 9. The molecule has 3 rings (SSSR count). The van der Waals surface area contributed by atoms with Gasteiger partial charge in [0.25, 0.3) is 0 Å². The second-order valence-corrected chi connectivity index (χ2v) is 17.8. The minimum absolute atomic E-state index is 0.0143. The summed E-state index contributed by atoms with van der Waals surface area (Å²) in [6, 6.07) is -0.0143. The number of unbranched alkanes of at least 4 members (excludes halogenated alkanes) is 3. The van der Waals surface area contributed by atoms with Crippen molar-refractivity contribution >= 4 is 17.4 Å².